The molecule has 1 unspecified atom stereocenters. The van der Waals surface area contributed by atoms with Crippen molar-refractivity contribution in [2.75, 3.05) is 39.8 Å². The van der Waals surface area contributed by atoms with Crippen LogP contribution in [0.2, 0.25) is 0 Å². The lowest BCUT2D eigenvalue weighted by molar-refractivity contribution is -0.142. The van der Waals surface area contributed by atoms with Gasteiger partial charge in [0.25, 0.3) is 0 Å². The lowest BCUT2D eigenvalue weighted by Crippen LogP contribution is -2.34. The number of ether oxygens (including phenoxy) is 1. The van der Waals surface area contributed by atoms with Crippen LogP contribution in [-0.4, -0.2) is 50.7 Å². The third kappa shape index (κ3) is 4.07. The molecule has 0 aliphatic carbocycles. The van der Waals surface area contributed by atoms with Gasteiger partial charge in [-0.3, -0.25) is 9.69 Å². The summed E-state index contributed by atoms with van der Waals surface area (Å²) in [5, 5.41) is 3.16. The summed E-state index contributed by atoms with van der Waals surface area (Å²) in [6.07, 6.45) is 0.534. The van der Waals surface area contributed by atoms with Gasteiger partial charge in [-0.25, -0.2) is 0 Å². The smallest absolute Gasteiger partial charge is 0.307 e. The Hall–Kier alpha value is -0.610. The lowest BCUT2D eigenvalue weighted by atomic mass is 10.1. The average molecular weight is 200 g/mol. The molecule has 0 bridgehead atoms. The van der Waals surface area contributed by atoms with Crippen LogP contribution in [0.1, 0.15) is 13.3 Å². The van der Waals surface area contributed by atoms with Gasteiger partial charge in [-0.15, -0.1) is 0 Å². The maximum Gasteiger partial charge on any atom is 0.307 e. The molecule has 4 nitrogen and oxygen atoms in total. The van der Waals surface area contributed by atoms with E-state index in [4.69, 9.17) is 4.74 Å². The molecule has 1 atom stereocenters. The number of hydrogen-bond acceptors (Lipinski definition) is 4. The fraction of sp³-hybridized carbons (Fsp3) is 0.900. The van der Waals surface area contributed by atoms with E-state index in [1.807, 2.05) is 7.05 Å². The third-order valence-electron chi connectivity index (χ3n) is 2.43. The van der Waals surface area contributed by atoms with Crippen LogP contribution in [0.25, 0.3) is 0 Å². The first kappa shape index (κ1) is 11.5. The molecule has 0 aromatic heterocycles. The lowest BCUT2D eigenvalue weighted by Gasteiger charge is -2.22. The van der Waals surface area contributed by atoms with Crippen LogP contribution in [0.15, 0.2) is 0 Å². The van der Waals surface area contributed by atoms with Gasteiger partial charge in [0.1, 0.15) is 6.61 Å². The van der Waals surface area contributed by atoms with Crippen molar-refractivity contribution in [2.45, 2.75) is 13.3 Å². The molecule has 0 aromatic carbocycles. The van der Waals surface area contributed by atoms with Gasteiger partial charge >= 0.3 is 5.97 Å². The summed E-state index contributed by atoms with van der Waals surface area (Å²) in [7, 11) is 1.96. The number of esters is 1. The summed E-state index contributed by atoms with van der Waals surface area (Å²) in [5.74, 6) is 0.557. The second-order valence-corrected chi connectivity index (χ2v) is 3.93. The molecule has 0 saturated carbocycles. The Labute approximate surface area is 85.6 Å². The van der Waals surface area contributed by atoms with Crippen molar-refractivity contribution >= 4 is 5.97 Å². The fourth-order valence-electron chi connectivity index (χ4n) is 1.76. The van der Waals surface area contributed by atoms with E-state index in [-0.39, 0.29) is 5.97 Å². The highest BCUT2D eigenvalue weighted by Crippen LogP contribution is 2.04. The van der Waals surface area contributed by atoms with E-state index >= 15 is 0 Å². The minimum absolute atomic E-state index is 0.0613. The van der Waals surface area contributed by atoms with Gasteiger partial charge in [0, 0.05) is 19.6 Å². The molecule has 1 heterocycles. The summed E-state index contributed by atoms with van der Waals surface area (Å²) < 4.78 is 4.98. The third-order valence-corrected chi connectivity index (χ3v) is 2.43. The summed E-state index contributed by atoms with van der Waals surface area (Å²) >= 11 is 0. The van der Waals surface area contributed by atoms with Crippen LogP contribution in [0.5, 0.6) is 0 Å². The molecule has 0 spiro atoms. The highest BCUT2D eigenvalue weighted by Gasteiger charge is 2.16. The molecule has 1 aliphatic heterocycles. The van der Waals surface area contributed by atoms with Crippen LogP contribution in [-0.2, 0) is 9.53 Å². The number of carbonyl (C=O) groups is 1. The van der Waals surface area contributed by atoms with Crippen molar-refractivity contribution in [2.24, 2.45) is 5.92 Å². The number of cyclic esters (lactones) is 1. The van der Waals surface area contributed by atoms with Gasteiger partial charge in [-0.1, -0.05) is 6.92 Å². The Morgan fingerprint density at radius 2 is 2.36 bits per heavy atom. The molecule has 1 saturated heterocycles. The monoisotopic (exact) mass is 200 g/mol. The second kappa shape index (κ2) is 5.98. The van der Waals surface area contributed by atoms with Gasteiger partial charge in [-0.05, 0) is 19.5 Å². The summed E-state index contributed by atoms with van der Waals surface area (Å²) in [6, 6.07) is 0. The predicted octanol–water partition coefficient (Wildman–Crippen LogP) is 0.0908. The van der Waals surface area contributed by atoms with Crippen molar-refractivity contribution in [3.63, 3.8) is 0 Å². The zero-order chi connectivity index (χ0) is 10.4. The Bertz CT molecular complexity index is 185. The second-order valence-electron chi connectivity index (χ2n) is 3.93. The minimum Gasteiger partial charge on any atom is -0.464 e. The Kier molecular flexibility index (Phi) is 4.90. The van der Waals surface area contributed by atoms with Crippen molar-refractivity contribution in [1.82, 2.24) is 10.2 Å². The average Bonchev–Trinajstić information content (AvgIpc) is 2.32. The summed E-state index contributed by atoms with van der Waals surface area (Å²) in [4.78, 5) is 13.3. The van der Waals surface area contributed by atoms with Crippen molar-refractivity contribution in [1.29, 1.82) is 0 Å². The van der Waals surface area contributed by atoms with Gasteiger partial charge < -0.3 is 10.1 Å². The number of rotatable bonds is 4. The van der Waals surface area contributed by atoms with Gasteiger partial charge in [-0.2, -0.15) is 0 Å². The van der Waals surface area contributed by atoms with Crippen molar-refractivity contribution in [3.05, 3.63) is 0 Å². The van der Waals surface area contributed by atoms with Crippen LogP contribution < -0.4 is 5.32 Å². The molecule has 0 aromatic rings. The SMILES string of the molecule is CNCC(C)CN1CCOC(=O)CC1. The normalized spacial score (nSPS) is 21.4. The maximum absolute atomic E-state index is 11.0. The minimum atomic E-state index is -0.0613. The molecule has 1 rings (SSSR count). The maximum atomic E-state index is 11.0. The van der Waals surface area contributed by atoms with E-state index in [9.17, 15) is 4.79 Å². The first-order valence-electron chi connectivity index (χ1n) is 5.25. The standard InChI is InChI=1S/C10H20N2O2/c1-9(7-11-2)8-12-4-3-10(13)14-6-5-12/h9,11H,3-8H2,1-2H3. The molecule has 14 heavy (non-hydrogen) atoms. The molecule has 0 radical (unpaired) electrons. The number of carbonyl (C=O) groups excluding carboxylic acids is 1. The van der Waals surface area contributed by atoms with E-state index in [0.717, 1.165) is 26.2 Å². The van der Waals surface area contributed by atoms with Crippen LogP contribution in [0, 0.1) is 5.92 Å². The van der Waals surface area contributed by atoms with E-state index < -0.39 is 0 Å². The van der Waals surface area contributed by atoms with E-state index in [1.165, 1.54) is 0 Å². The Morgan fingerprint density at radius 1 is 1.57 bits per heavy atom. The zero-order valence-corrected chi connectivity index (χ0v) is 9.08. The number of nitrogens with one attached hydrogen (secondary N) is 1. The highest BCUT2D eigenvalue weighted by molar-refractivity contribution is 5.69. The van der Waals surface area contributed by atoms with Gasteiger partial charge in [0.05, 0.1) is 6.42 Å². The van der Waals surface area contributed by atoms with E-state index in [1.54, 1.807) is 0 Å². The molecule has 1 aliphatic rings. The largest absolute Gasteiger partial charge is 0.464 e. The van der Waals surface area contributed by atoms with Crippen molar-refractivity contribution in [3.8, 4) is 0 Å². The zero-order valence-electron chi connectivity index (χ0n) is 9.08. The molecule has 0 amide bonds. The van der Waals surface area contributed by atoms with Crippen LogP contribution in [0.4, 0.5) is 0 Å². The number of nitrogens with zero attached hydrogens (tertiary/aromatic N) is 1. The van der Waals surface area contributed by atoms with Crippen LogP contribution >= 0.6 is 0 Å². The fourth-order valence-corrected chi connectivity index (χ4v) is 1.76. The Balaban J connectivity index is 2.26. The van der Waals surface area contributed by atoms with Crippen LogP contribution in [0.3, 0.4) is 0 Å². The van der Waals surface area contributed by atoms with Gasteiger partial charge in [0.2, 0.25) is 0 Å². The summed E-state index contributed by atoms with van der Waals surface area (Å²) in [6.45, 7) is 6.53. The molecular weight excluding hydrogens is 180 g/mol. The summed E-state index contributed by atoms with van der Waals surface area (Å²) in [5.41, 5.74) is 0. The van der Waals surface area contributed by atoms with Gasteiger partial charge in [0.15, 0.2) is 0 Å². The predicted molar refractivity (Wildman–Crippen MR) is 55.1 cm³/mol. The molecule has 4 heteroatoms. The Morgan fingerprint density at radius 3 is 3.07 bits per heavy atom. The first-order valence-corrected chi connectivity index (χ1v) is 5.25. The highest BCUT2D eigenvalue weighted by atomic mass is 16.5. The molecular formula is C10H20N2O2. The first-order chi connectivity index (χ1) is 6.72. The van der Waals surface area contributed by atoms with E-state index in [2.05, 4.69) is 17.1 Å². The molecule has 82 valence electrons. The quantitative estimate of drug-likeness (QED) is 0.653. The number of hydrogen-bond donors (Lipinski definition) is 1. The topological polar surface area (TPSA) is 41.6 Å². The molecule has 1 N–H and O–H groups in total. The van der Waals surface area contributed by atoms with E-state index in [0.29, 0.717) is 18.9 Å². The van der Waals surface area contributed by atoms with Crippen molar-refractivity contribution < 1.29 is 9.53 Å². The molecule has 1 fully saturated rings.